The van der Waals surface area contributed by atoms with Crippen LogP contribution < -0.4 is 0 Å². The van der Waals surface area contributed by atoms with Crippen molar-refractivity contribution in [2.45, 2.75) is 40.0 Å². The van der Waals surface area contributed by atoms with E-state index in [1.54, 1.807) is 5.51 Å². The summed E-state index contributed by atoms with van der Waals surface area (Å²) in [5, 5.41) is 0. The molecular formula is C11H17NOS. The van der Waals surface area contributed by atoms with E-state index in [4.69, 9.17) is 0 Å². The minimum atomic E-state index is 0.256. The van der Waals surface area contributed by atoms with E-state index in [1.807, 2.05) is 6.92 Å². The molecule has 0 saturated carbocycles. The van der Waals surface area contributed by atoms with Gasteiger partial charge in [-0.1, -0.05) is 26.7 Å². The van der Waals surface area contributed by atoms with Gasteiger partial charge in [0.25, 0.3) is 0 Å². The van der Waals surface area contributed by atoms with Crippen LogP contribution in [0, 0.1) is 12.8 Å². The number of carbonyl (C=O) groups is 1. The third kappa shape index (κ3) is 2.91. The lowest BCUT2D eigenvalue weighted by atomic mass is 9.99. The zero-order valence-electron chi connectivity index (χ0n) is 9.04. The maximum atomic E-state index is 11.8. The molecule has 0 N–H and O–H groups in total. The van der Waals surface area contributed by atoms with Crippen molar-refractivity contribution in [1.82, 2.24) is 4.98 Å². The molecule has 0 saturated heterocycles. The van der Waals surface area contributed by atoms with Gasteiger partial charge in [0.15, 0.2) is 5.78 Å². The number of thiazole rings is 1. The Bertz CT molecular complexity index is 306. The predicted molar refractivity (Wildman–Crippen MR) is 59.9 cm³/mol. The minimum absolute atomic E-state index is 0.256. The van der Waals surface area contributed by atoms with Crippen molar-refractivity contribution in [3.63, 3.8) is 0 Å². The van der Waals surface area contributed by atoms with E-state index in [1.165, 1.54) is 11.3 Å². The second kappa shape index (κ2) is 5.25. The third-order valence-electron chi connectivity index (χ3n) is 2.31. The standard InChI is InChI=1S/C11H17NOS/c1-4-5-8(2)6-10(13)11-9(3)12-7-14-11/h7-8H,4-6H2,1-3H3. The first kappa shape index (κ1) is 11.4. The molecule has 0 bridgehead atoms. The van der Waals surface area contributed by atoms with Crippen molar-refractivity contribution < 1.29 is 4.79 Å². The quantitative estimate of drug-likeness (QED) is 0.698. The first-order valence-corrected chi connectivity index (χ1v) is 5.96. The number of carbonyl (C=O) groups excluding carboxylic acids is 1. The average Bonchev–Trinajstić information content (AvgIpc) is 2.51. The number of aryl methyl sites for hydroxylation is 1. The van der Waals surface area contributed by atoms with Gasteiger partial charge in [0.2, 0.25) is 0 Å². The van der Waals surface area contributed by atoms with Gasteiger partial charge in [0.05, 0.1) is 16.1 Å². The number of nitrogens with zero attached hydrogens (tertiary/aromatic N) is 1. The fraction of sp³-hybridized carbons (Fsp3) is 0.636. The molecular weight excluding hydrogens is 194 g/mol. The van der Waals surface area contributed by atoms with E-state index in [9.17, 15) is 4.79 Å². The second-order valence-corrected chi connectivity index (χ2v) is 4.64. The van der Waals surface area contributed by atoms with Crippen LogP contribution in [-0.4, -0.2) is 10.8 Å². The van der Waals surface area contributed by atoms with E-state index < -0.39 is 0 Å². The van der Waals surface area contributed by atoms with Gasteiger partial charge in [-0.2, -0.15) is 0 Å². The van der Waals surface area contributed by atoms with Crippen LogP contribution in [0.15, 0.2) is 5.51 Å². The summed E-state index contributed by atoms with van der Waals surface area (Å²) in [5.41, 5.74) is 2.62. The monoisotopic (exact) mass is 211 g/mol. The lowest BCUT2D eigenvalue weighted by Crippen LogP contribution is -2.05. The third-order valence-corrected chi connectivity index (χ3v) is 3.28. The number of rotatable bonds is 5. The molecule has 1 atom stereocenters. The predicted octanol–water partition coefficient (Wildman–Crippen LogP) is 3.46. The molecule has 1 aromatic heterocycles. The molecule has 0 aliphatic rings. The summed E-state index contributed by atoms with van der Waals surface area (Å²) in [6.45, 7) is 6.19. The van der Waals surface area contributed by atoms with Crippen LogP contribution in [-0.2, 0) is 0 Å². The van der Waals surface area contributed by atoms with Gasteiger partial charge >= 0.3 is 0 Å². The van der Waals surface area contributed by atoms with Crippen molar-refractivity contribution in [2.24, 2.45) is 5.92 Å². The van der Waals surface area contributed by atoms with Crippen molar-refractivity contribution >= 4 is 17.1 Å². The maximum Gasteiger partial charge on any atom is 0.174 e. The van der Waals surface area contributed by atoms with Gasteiger partial charge in [-0.15, -0.1) is 11.3 Å². The van der Waals surface area contributed by atoms with Crippen LogP contribution in [0.25, 0.3) is 0 Å². The molecule has 1 aromatic rings. The van der Waals surface area contributed by atoms with E-state index in [-0.39, 0.29) is 5.78 Å². The highest BCUT2D eigenvalue weighted by atomic mass is 32.1. The Balaban J connectivity index is 2.55. The molecule has 0 spiro atoms. The Morgan fingerprint density at radius 1 is 1.64 bits per heavy atom. The topological polar surface area (TPSA) is 30.0 Å². The summed E-state index contributed by atoms with van der Waals surface area (Å²) in [6, 6.07) is 0. The number of hydrogen-bond donors (Lipinski definition) is 0. The molecule has 2 nitrogen and oxygen atoms in total. The van der Waals surface area contributed by atoms with Crippen molar-refractivity contribution in [3.05, 3.63) is 16.1 Å². The molecule has 0 aromatic carbocycles. The summed E-state index contributed by atoms with van der Waals surface area (Å²) in [5.74, 6) is 0.750. The summed E-state index contributed by atoms with van der Waals surface area (Å²) in [4.78, 5) is 16.7. The molecule has 1 rings (SSSR count). The van der Waals surface area contributed by atoms with E-state index in [0.717, 1.165) is 23.4 Å². The normalized spacial score (nSPS) is 12.8. The summed E-state index contributed by atoms with van der Waals surface area (Å²) in [6.07, 6.45) is 2.94. The number of ketones is 1. The van der Waals surface area contributed by atoms with Gasteiger partial charge < -0.3 is 0 Å². The Morgan fingerprint density at radius 3 is 2.86 bits per heavy atom. The SMILES string of the molecule is CCCC(C)CC(=O)c1scnc1C. The van der Waals surface area contributed by atoms with E-state index in [0.29, 0.717) is 12.3 Å². The zero-order valence-corrected chi connectivity index (χ0v) is 9.86. The van der Waals surface area contributed by atoms with Crippen LogP contribution >= 0.6 is 11.3 Å². The Morgan fingerprint density at radius 2 is 2.36 bits per heavy atom. The smallest absolute Gasteiger partial charge is 0.174 e. The van der Waals surface area contributed by atoms with Crippen LogP contribution in [0.2, 0.25) is 0 Å². The van der Waals surface area contributed by atoms with Crippen molar-refractivity contribution in [2.75, 3.05) is 0 Å². The average molecular weight is 211 g/mol. The number of hydrogen-bond acceptors (Lipinski definition) is 3. The highest BCUT2D eigenvalue weighted by Crippen LogP contribution is 2.19. The fourth-order valence-corrected chi connectivity index (χ4v) is 2.33. The van der Waals surface area contributed by atoms with Crippen LogP contribution in [0.4, 0.5) is 0 Å². The summed E-state index contributed by atoms with van der Waals surface area (Å²) in [7, 11) is 0. The summed E-state index contributed by atoms with van der Waals surface area (Å²) >= 11 is 1.46. The van der Waals surface area contributed by atoms with Gasteiger partial charge in [0.1, 0.15) is 0 Å². The maximum absolute atomic E-state index is 11.8. The molecule has 0 aliphatic heterocycles. The molecule has 0 radical (unpaired) electrons. The van der Waals surface area contributed by atoms with Gasteiger partial charge in [-0.05, 0) is 12.8 Å². The van der Waals surface area contributed by atoms with E-state index in [2.05, 4.69) is 18.8 Å². The zero-order chi connectivity index (χ0) is 10.6. The lowest BCUT2D eigenvalue weighted by Gasteiger charge is -2.07. The van der Waals surface area contributed by atoms with Gasteiger partial charge in [-0.3, -0.25) is 4.79 Å². The highest BCUT2D eigenvalue weighted by molar-refractivity contribution is 7.11. The minimum Gasteiger partial charge on any atom is -0.293 e. The van der Waals surface area contributed by atoms with Crippen LogP contribution in [0.3, 0.4) is 0 Å². The molecule has 0 aliphatic carbocycles. The summed E-state index contributed by atoms with van der Waals surface area (Å²) < 4.78 is 0. The largest absolute Gasteiger partial charge is 0.293 e. The lowest BCUT2D eigenvalue weighted by molar-refractivity contribution is 0.0966. The Hall–Kier alpha value is -0.700. The Kier molecular flexibility index (Phi) is 4.26. The molecule has 1 unspecified atom stereocenters. The second-order valence-electron chi connectivity index (χ2n) is 3.79. The van der Waals surface area contributed by atoms with Crippen LogP contribution in [0.1, 0.15) is 48.5 Å². The van der Waals surface area contributed by atoms with Crippen molar-refractivity contribution in [3.8, 4) is 0 Å². The Labute approximate surface area is 89.4 Å². The van der Waals surface area contributed by atoms with Gasteiger partial charge in [-0.25, -0.2) is 4.98 Å². The first-order chi connectivity index (χ1) is 6.65. The fourth-order valence-electron chi connectivity index (χ4n) is 1.57. The van der Waals surface area contributed by atoms with Crippen molar-refractivity contribution in [1.29, 1.82) is 0 Å². The molecule has 14 heavy (non-hydrogen) atoms. The van der Waals surface area contributed by atoms with Gasteiger partial charge in [0, 0.05) is 6.42 Å². The molecule has 0 amide bonds. The van der Waals surface area contributed by atoms with E-state index >= 15 is 0 Å². The number of Topliss-reactive ketones (excluding diaryl/α,β-unsaturated/α-hetero) is 1. The highest BCUT2D eigenvalue weighted by Gasteiger charge is 2.14. The van der Waals surface area contributed by atoms with Crippen LogP contribution in [0.5, 0.6) is 0 Å². The molecule has 78 valence electrons. The first-order valence-electron chi connectivity index (χ1n) is 5.08. The molecule has 3 heteroatoms. The number of aromatic nitrogens is 1. The molecule has 1 heterocycles. The molecule has 0 fully saturated rings.